The van der Waals surface area contributed by atoms with Gasteiger partial charge < -0.3 is 14.6 Å². The summed E-state index contributed by atoms with van der Waals surface area (Å²) >= 11 is 0. The second kappa shape index (κ2) is 7.18. The molecule has 2 aliphatic rings. The highest BCUT2D eigenvalue weighted by atomic mass is 19.1. The molecule has 0 radical (unpaired) electrons. The molecule has 6 heteroatoms. The number of piperidine rings is 1. The highest BCUT2D eigenvalue weighted by Gasteiger charge is 2.34. The van der Waals surface area contributed by atoms with Crippen LogP contribution < -0.4 is 5.32 Å². The third kappa shape index (κ3) is 3.48. The molecule has 27 heavy (non-hydrogen) atoms. The Morgan fingerprint density at radius 3 is 2.78 bits per heavy atom. The van der Waals surface area contributed by atoms with E-state index in [-0.39, 0.29) is 23.5 Å². The minimum Gasteiger partial charge on any atom is -0.465 e. The molecular weight excluding hydrogens is 347 g/mol. The lowest BCUT2D eigenvalue weighted by molar-refractivity contribution is 0.0708. The van der Waals surface area contributed by atoms with Gasteiger partial charge in [0, 0.05) is 37.7 Å². The molecule has 5 nitrogen and oxygen atoms in total. The first kappa shape index (κ1) is 17.8. The molecule has 0 saturated carbocycles. The van der Waals surface area contributed by atoms with Gasteiger partial charge in [0.25, 0.3) is 5.91 Å². The Morgan fingerprint density at radius 1 is 1.22 bits per heavy atom. The molecule has 1 N–H and O–H groups in total. The zero-order valence-electron chi connectivity index (χ0n) is 15.4. The van der Waals surface area contributed by atoms with Crippen LogP contribution in [0.2, 0.25) is 0 Å². The van der Waals surface area contributed by atoms with Gasteiger partial charge in [0.2, 0.25) is 0 Å². The lowest BCUT2D eigenvalue weighted by atomic mass is 9.92. The van der Waals surface area contributed by atoms with Gasteiger partial charge in [0.15, 0.2) is 5.78 Å². The second-order valence-electron chi connectivity index (χ2n) is 7.35. The van der Waals surface area contributed by atoms with Gasteiger partial charge in [0.05, 0.1) is 11.1 Å². The number of ketones is 1. The van der Waals surface area contributed by atoms with Crippen LogP contribution in [-0.2, 0) is 6.42 Å². The van der Waals surface area contributed by atoms with E-state index >= 15 is 0 Å². The minimum atomic E-state index is -0.272. The highest BCUT2D eigenvalue weighted by Crippen LogP contribution is 2.31. The van der Waals surface area contributed by atoms with Crippen LogP contribution in [0.1, 0.15) is 57.9 Å². The van der Waals surface area contributed by atoms with Crippen molar-refractivity contribution in [3.63, 3.8) is 0 Å². The Hall–Kier alpha value is -2.63. The normalized spacial score (nSPS) is 19.7. The first-order valence-corrected chi connectivity index (χ1v) is 9.50. The quantitative estimate of drug-likeness (QED) is 0.888. The lowest BCUT2D eigenvalue weighted by Crippen LogP contribution is -2.45. The number of Topliss-reactive ketones (excluding diaryl/α,β-unsaturated/α-hetero) is 1. The molecule has 4 rings (SSSR count). The number of rotatable bonds is 3. The molecule has 1 aliphatic carbocycles. The van der Waals surface area contributed by atoms with E-state index in [2.05, 4.69) is 5.32 Å². The zero-order valence-corrected chi connectivity index (χ0v) is 15.4. The Morgan fingerprint density at radius 2 is 2.00 bits per heavy atom. The van der Waals surface area contributed by atoms with Crippen molar-refractivity contribution in [1.82, 2.24) is 4.90 Å². The summed E-state index contributed by atoms with van der Waals surface area (Å²) in [5, 5.41) is 3.37. The molecule has 0 bridgehead atoms. The summed E-state index contributed by atoms with van der Waals surface area (Å²) in [7, 11) is 0. The van der Waals surface area contributed by atoms with Gasteiger partial charge in [-0.15, -0.1) is 0 Å². The Labute approximate surface area is 157 Å². The first-order chi connectivity index (χ1) is 13.0. The van der Waals surface area contributed by atoms with Gasteiger partial charge in [-0.25, -0.2) is 4.39 Å². The molecule has 1 aromatic heterocycles. The van der Waals surface area contributed by atoms with Crippen molar-refractivity contribution in [3.05, 3.63) is 52.7 Å². The minimum absolute atomic E-state index is 0.00875. The fourth-order valence-electron chi connectivity index (χ4n) is 4.08. The molecule has 1 atom stereocenters. The van der Waals surface area contributed by atoms with Gasteiger partial charge in [-0.3, -0.25) is 9.59 Å². The highest BCUT2D eigenvalue weighted by molar-refractivity contribution is 6.10. The van der Waals surface area contributed by atoms with Crippen molar-refractivity contribution in [1.29, 1.82) is 0 Å². The predicted molar refractivity (Wildman–Crippen MR) is 99.7 cm³/mol. The number of hydrogen-bond donors (Lipinski definition) is 1. The largest absolute Gasteiger partial charge is 0.465 e. The number of benzene rings is 1. The summed E-state index contributed by atoms with van der Waals surface area (Å²) in [6.45, 7) is 2.97. The average molecular weight is 370 g/mol. The van der Waals surface area contributed by atoms with Crippen molar-refractivity contribution >= 4 is 17.4 Å². The summed E-state index contributed by atoms with van der Waals surface area (Å²) < 4.78 is 18.8. The Kier molecular flexibility index (Phi) is 4.72. The van der Waals surface area contributed by atoms with Gasteiger partial charge in [-0.1, -0.05) is 0 Å². The molecule has 0 spiro atoms. The van der Waals surface area contributed by atoms with E-state index < -0.39 is 0 Å². The molecule has 1 aromatic carbocycles. The molecule has 1 amide bonds. The number of fused-ring (bicyclic) bond motifs is 1. The maximum atomic E-state index is 13.2. The Balaban J connectivity index is 1.52. The van der Waals surface area contributed by atoms with Gasteiger partial charge >= 0.3 is 0 Å². The fourth-order valence-corrected chi connectivity index (χ4v) is 4.08. The van der Waals surface area contributed by atoms with E-state index in [0.717, 1.165) is 24.9 Å². The summed E-state index contributed by atoms with van der Waals surface area (Å²) in [6.07, 6.45) is 3.77. The van der Waals surface area contributed by atoms with Crippen LogP contribution in [0.25, 0.3) is 0 Å². The number of aryl methyl sites for hydroxylation is 2. The van der Waals surface area contributed by atoms with Crippen molar-refractivity contribution in [2.24, 2.45) is 0 Å². The summed E-state index contributed by atoms with van der Waals surface area (Å²) in [5.74, 6) is 0.803. The van der Waals surface area contributed by atoms with E-state index in [0.29, 0.717) is 48.6 Å². The first-order valence-electron chi connectivity index (χ1n) is 9.50. The van der Waals surface area contributed by atoms with Crippen LogP contribution in [0.3, 0.4) is 0 Å². The monoisotopic (exact) mass is 370 g/mol. The van der Waals surface area contributed by atoms with Crippen LogP contribution in [0.4, 0.5) is 10.1 Å². The zero-order chi connectivity index (χ0) is 19.0. The standard InChI is InChI=1S/C21H23FN2O3/c1-13-19(20-17(25)5-2-6-18(20)27-13)21(26)24-11-3-4-16(12-24)23-15-9-7-14(22)8-10-15/h7-10,16,23H,2-6,11-12H2,1H3/t16-/m0/s1. The number of nitrogens with zero attached hydrogens (tertiary/aromatic N) is 1. The third-order valence-electron chi connectivity index (χ3n) is 5.38. The maximum Gasteiger partial charge on any atom is 0.258 e. The Bertz CT molecular complexity index is 872. The van der Waals surface area contributed by atoms with E-state index in [4.69, 9.17) is 4.42 Å². The smallest absolute Gasteiger partial charge is 0.258 e. The van der Waals surface area contributed by atoms with E-state index in [1.807, 2.05) is 0 Å². The van der Waals surface area contributed by atoms with Crippen molar-refractivity contribution in [2.45, 2.75) is 45.1 Å². The molecule has 0 unspecified atom stereocenters. The molecule has 2 heterocycles. The molecule has 142 valence electrons. The van der Waals surface area contributed by atoms with Gasteiger partial charge in [-0.2, -0.15) is 0 Å². The molecule has 1 aliphatic heterocycles. The van der Waals surface area contributed by atoms with E-state index in [1.54, 1.807) is 24.0 Å². The van der Waals surface area contributed by atoms with Crippen LogP contribution in [0.15, 0.2) is 28.7 Å². The van der Waals surface area contributed by atoms with Gasteiger partial charge in [-0.05, 0) is 50.5 Å². The lowest BCUT2D eigenvalue weighted by Gasteiger charge is -2.34. The van der Waals surface area contributed by atoms with Crippen molar-refractivity contribution in [2.75, 3.05) is 18.4 Å². The number of amides is 1. The third-order valence-corrected chi connectivity index (χ3v) is 5.38. The topological polar surface area (TPSA) is 62.6 Å². The van der Waals surface area contributed by atoms with Crippen LogP contribution in [-0.4, -0.2) is 35.7 Å². The predicted octanol–water partition coefficient (Wildman–Crippen LogP) is 3.96. The van der Waals surface area contributed by atoms with Crippen LogP contribution in [0, 0.1) is 12.7 Å². The molecule has 1 fully saturated rings. The molecule has 2 aromatic rings. The number of anilines is 1. The number of likely N-dealkylation sites (tertiary alicyclic amines) is 1. The average Bonchev–Trinajstić information content (AvgIpc) is 3.00. The summed E-state index contributed by atoms with van der Waals surface area (Å²) in [5.41, 5.74) is 1.78. The maximum absolute atomic E-state index is 13.2. The number of hydrogen-bond acceptors (Lipinski definition) is 4. The van der Waals surface area contributed by atoms with E-state index in [9.17, 15) is 14.0 Å². The van der Waals surface area contributed by atoms with Gasteiger partial charge in [0.1, 0.15) is 17.3 Å². The number of nitrogens with one attached hydrogen (secondary N) is 1. The summed E-state index contributed by atoms with van der Waals surface area (Å²) in [4.78, 5) is 27.3. The SMILES string of the molecule is Cc1oc2c(c1C(=O)N1CCC[C@H](Nc3ccc(F)cc3)C1)C(=O)CCC2. The number of carbonyl (C=O) groups excluding carboxylic acids is 2. The number of halogens is 1. The number of furan rings is 1. The van der Waals surface area contributed by atoms with Crippen molar-refractivity contribution < 1.29 is 18.4 Å². The van der Waals surface area contributed by atoms with Crippen molar-refractivity contribution in [3.8, 4) is 0 Å². The molecule has 1 saturated heterocycles. The van der Waals surface area contributed by atoms with E-state index in [1.165, 1.54) is 12.1 Å². The number of carbonyl (C=O) groups is 2. The second-order valence-corrected chi connectivity index (χ2v) is 7.35. The fraction of sp³-hybridized carbons (Fsp3) is 0.429. The summed E-state index contributed by atoms with van der Waals surface area (Å²) in [6, 6.07) is 6.32. The van der Waals surface area contributed by atoms with Crippen LogP contribution >= 0.6 is 0 Å². The molecular formula is C21H23FN2O3. The van der Waals surface area contributed by atoms with Crippen LogP contribution in [0.5, 0.6) is 0 Å².